The maximum atomic E-state index is 4.58. The van der Waals surface area contributed by atoms with Crippen LogP contribution in [0.3, 0.4) is 0 Å². The van der Waals surface area contributed by atoms with Crippen LogP contribution in [0.1, 0.15) is 5.69 Å². The zero-order valence-electron chi connectivity index (χ0n) is 12.4. The molecule has 0 saturated carbocycles. The van der Waals surface area contributed by atoms with E-state index >= 15 is 0 Å². The monoisotopic (exact) mass is 302 g/mol. The normalized spacial score (nSPS) is 14.9. The van der Waals surface area contributed by atoms with Crippen molar-refractivity contribution < 1.29 is 0 Å². The molecule has 0 spiro atoms. The van der Waals surface area contributed by atoms with Crippen molar-refractivity contribution in [3.8, 4) is 0 Å². The van der Waals surface area contributed by atoms with Crippen molar-refractivity contribution >= 4 is 23.4 Å². The quantitative estimate of drug-likeness (QED) is 0.628. The van der Waals surface area contributed by atoms with Gasteiger partial charge in [-0.1, -0.05) is 11.8 Å². The average Bonchev–Trinajstić information content (AvgIpc) is 2.46. The molecule has 3 heterocycles. The molecule has 0 N–H and O–H groups in total. The third-order valence-corrected chi connectivity index (χ3v) is 4.20. The summed E-state index contributed by atoms with van der Waals surface area (Å²) in [6, 6.07) is 2.47. The summed E-state index contributed by atoms with van der Waals surface area (Å²) in [5.74, 6) is 1.92. The van der Waals surface area contributed by atoms with Crippen LogP contribution >= 0.6 is 11.8 Å². The molecule has 2 aromatic rings. The van der Waals surface area contributed by atoms with Gasteiger partial charge in [0.15, 0.2) is 5.16 Å². The summed E-state index contributed by atoms with van der Waals surface area (Å²) >= 11 is 1.57. The van der Waals surface area contributed by atoms with Gasteiger partial charge in [0.05, 0.1) is 12.2 Å². The van der Waals surface area contributed by atoms with Gasteiger partial charge in [-0.05, 0) is 13.2 Å². The van der Waals surface area contributed by atoms with Crippen LogP contribution in [-0.2, 0) is 0 Å². The lowest BCUT2D eigenvalue weighted by atomic mass is 10.1. The molecule has 1 fully saturated rings. The molecule has 1 aliphatic heterocycles. The molecule has 0 aliphatic carbocycles. The molecule has 7 heteroatoms. The van der Waals surface area contributed by atoms with Gasteiger partial charge in [0.1, 0.15) is 11.6 Å². The molecule has 0 bridgehead atoms. The summed E-state index contributed by atoms with van der Waals surface area (Å²) in [7, 11) is 2.09. The minimum atomic E-state index is 0.441. The fourth-order valence-electron chi connectivity index (χ4n) is 2.33. The van der Waals surface area contributed by atoms with Crippen molar-refractivity contribution in [1.82, 2.24) is 19.9 Å². The van der Waals surface area contributed by atoms with Crippen molar-refractivity contribution in [3.63, 3.8) is 0 Å². The molecule has 110 valence electrons. The predicted octanol–water partition coefficient (Wildman–Crippen LogP) is 1.62. The lowest BCUT2D eigenvalue weighted by molar-refractivity contribution is 0.487. The highest BCUT2D eigenvalue weighted by Crippen LogP contribution is 2.24. The van der Waals surface area contributed by atoms with Gasteiger partial charge in [0.2, 0.25) is 0 Å². The van der Waals surface area contributed by atoms with Gasteiger partial charge in [-0.15, -0.1) is 0 Å². The molecule has 6 nitrogen and oxygen atoms in total. The molecule has 0 atom stereocenters. The van der Waals surface area contributed by atoms with Crippen LogP contribution in [0.15, 0.2) is 29.8 Å². The minimum absolute atomic E-state index is 0.441. The van der Waals surface area contributed by atoms with Crippen LogP contribution in [-0.4, -0.2) is 52.4 Å². The van der Waals surface area contributed by atoms with Gasteiger partial charge in [-0.3, -0.25) is 4.98 Å². The van der Waals surface area contributed by atoms with Gasteiger partial charge in [0.25, 0.3) is 0 Å². The minimum Gasteiger partial charge on any atom is -0.353 e. The molecule has 1 aliphatic rings. The molecule has 21 heavy (non-hydrogen) atoms. The average molecular weight is 302 g/mol. The SMILES string of the molecule is CSc1nc(C)cc(N(C)C2CN(c3cnccn3)C2)n1. The number of rotatable bonds is 4. The Kier molecular flexibility index (Phi) is 3.92. The first-order chi connectivity index (χ1) is 10.2. The summed E-state index contributed by atoms with van der Waals surface area (Å²) in [4.78, 5) is 21.9. The Balaban J connectivity index is 1.68. The van der Waals surface area contributed by atoms with Crippen LogP contribution in [0.4, 0.5) is 11.6 Å². The maximum absolute atomic E-state index is 4.58. The van der Waals surface area contributed by atoms with E-state index < -0.39 is 0 Å². The highest BCUT2D eigenvalue weighted by molar-refractivity contribution is 7.98. The van der Waals surface area contributed by atoms with Gasteiger partial charge in [-0.25, -0.2) is 15.0 Å². The Hall–Kier alpha value is -1.89. The molecular weight excluding hydrogens is 284 g/mol. The number of hydrogen-bond acceptors (Lipinski definition) is 7. The molecule has 3 rings (SSSR count). The molecule has 2 aromatic heterocycles. The third kappa shape index (κ3) is 2.92. The van der Waals surface area contributed by atoms with Crippen LogP contribution in [0.5, 0.6) is 0 Å². The first-order valence-electron chi connectivity index (χ1n) is 6.81. The number of aryl methyl sites for hydroxylation is 1. The van der Waals surface area contributed by atoms with Crippen molar-refractivity contribution in [2.24, 2.45) is 0 Å². The van der Waals surface area contributed by atoms with E-state index in [1.54, 1.807) is 30.4 Å². The standard InChI is InChI=1S/C14H18N6S/c1-10-6-12(18-14(17-10)21-3)19(2)11-8-20(9-11)13-7-15-4-5-16-13/h4-7,11H,8-9H2,1-3H3. The van der Waals surface area contributed by atoms with E-state index in [0.29, 0.717) is 6.04 Å². The van der Waals surface area contributed by atoms with Crippen LogP contribution in [0.2, 0.25) is 0 Å². The van der Waals surface area contributed by atoms with Gasteiger partial charge in [-0.2, -0.15) is 0 Å². The van der Waals surface area contributed by atoms with Crippen LogP contribution in [0, 0.1) is 6.92 Å². The van der Waals surface area contributed by atoms with Crippen molar-refractivity contribution in [3.05, 3.63) is 30.4 Å². The van der Waals surface area contributed by atoms with E-state index in [9.17, 15) is 0 Å². The van der Waals surface area contributed by atoms with E-state index in [4.69, 9.17) is 0 Å². The first-order valence-corrected chi connectivity index (χ1v) is 8.03. The second-order valence-electron chi connectivity index (χ2n) is 5.09. The predicted molar refractivity (Wildman–Crippen MR) is 85.0 cm³/mol. The Labute approximate surface area is 128 Å². The molecule has 0 aromatic carbocycles. The number of likely N-dealkylation sites (N-methyl/N-ethyl adjacent to an activating group) is 1. The molecular formula is C14H18N6S. The summed E-state index contributed by atoms with van der Waals surface area (Å²) in [6.07, 6.45) is 7.22. The summed E-state index contributed by atoms with van der Waals surface area (Å²) < 4.78 is 0. The molecule has 0 unspecified atom stereocenters. The van der Waals surface area contributed by atoms with Crippen molar-refractivity contribution in [2.45, 2.75) is 18.1 Å². The third-order valence-electron chi connectivity index (χ3n) is 3.65. The highest BCUT2D eigenvalue weighted by Gasteiger charge is 2.31. The Bertz CT molecular complexity index is 614. The number of aromatic nitrogens is 4. The number of anilines is 2. The fraction of sp³-hybridized carbons (Fsp3) is 0.429. The van der Waals surface area contributed by atoms with Gasteiger partial charge < -0.3 is 9.80 Å². The topological polar surface area (TPSA) is 58.0 Å². The Morgan fingerprint density at radius 3 is 2.76 bits per heavy atom. The molecule has 1 saturated heterocycles. The lowest BCUT2D eigenvalue weighted by Crippen LogP contribution is -2.59. The highest BCUT2D eigenvalue weighted by atomic mass is 32.2. The van der Waals surface area contributed by atoms with E-state index in [-0.39, 0.29) is 0 Å². The maximum Gasteiger partial charge on any atom is 0.189 e. The van der Waals surface area contributed by atoms with E-state index in [1.807, 2.05) is 19.2 Å². The van der Waals surface area contributed by atoms with E-state index in [2.05, 4.69) is 36.8 Å². The summed E-state index contributed by atoms with van der Waals surface area (Å²) in [6.45, 7) is 3.88. The number of thioether (sulfide) groups is 1. The van der Waals surface area contributed by atoms with Gasteiger partial charge >= 0.3 is 0 Å². The Morgan fingerprint density at radius 1 is 1.29 bits per heavy atom. The second kappa shape index (κ2) is 5.85. The fourth-order valence-corrected chi connectivity index (χ4v) is 2.75. The Morgan fingerprint density at radius 2 is 2.10 bits per heavy atom. The second-order valence-corrected chi connectivity index (χ2v) is 5.86. The zero-order valence-corrected chi connectivity index (χ0v) is 13.2. The smallest absolute Gasteiger partial charge is 0.189 e. The first kappa shape index (κ1) is 14.1. The van der Waals surface area contributed by atoms with Gasteiger partial charge in [0, 0.05) is 44.3 Å². The number of nitrogens with zero attached hydrogens (tertiary/aromatic N) is 6. The zero-order chi connectivity index (χ0) is 14.8. The van der Waals surface area contributed by atoms with E-state index in [1.165, 1.54) is 0 Å². The van der Waals surface area contributed by atoms with Crippen molar-refractivity contribution in [1.29, 1.82) is 0 Å². The number of hydrogen-bond donors (Lipinski definition) is 0. The lowest BCUT2D eigenvalue weighted by Gasteiger charge is -2.44. The largest absolute Gasteiger partial charge is 0.353 e. The van der Waals surface area contributed by atoms with E-state index in [0.717, 1.165) is 35.6 Å². The van der Waals surface area contributed by atoms with Crippen LogP contribution < -0.4 is 9.80 Å². The van der Waals surface area contributed by atoms with Crippen molar-refractivity contribution in [2.75, 3.05) is 36.2 Å². The van der Waals surface area contributed by atoms with Crippen LogP contribution in [0.25, 0.3) is 0 Å². The summed E-state index contributed by atoms with van der Waals surface area (Å²) in [5, 5.41) is 0.821. The summed E-state index contributed by atoms with van der Waals surface area (Å²) in [5.41, 5.74) is 1.00. The molecule has 0 amide bonds. The molecule has 0 radical (unpaired) electrons.